The van der Waals surface area contributed by atoms with Gasteiger partial charge in [0.05, 0.1) is 11.1 Å². The number of carbonyl (C=O) groups excluding carboxylic acids is 3. The number of Topliss-reactive ketones (excluding diaryl/α,β-unsaturated/α-hetero) is 2. The van der Waals surface area contributed by atoms with E-state index in [1.54, 1.807) is 6.92 Å². The van der Waals surface area contributed by atoms with Crippen LogP contribution in [0.3, 0.4) is 0 Å². The molecule has 2 aliphatic rings. The fourth-order valence-corrected chi connectivity index (χ4v) is 4.94. The van der Waals surface area contributed by atoms with Crippen molar-refractivity contribution in [3.05, 3.63) is 75.4 Å². The van der Waals surface area contributed by atoms with Crippen molar-refractivity contribution in [2.45, 2.75) is 46.0 Å². The van der Waals surface area contributed by atoms with Crippen molar-refractivity contribution in [3.8, 4) is 17.2 Å². The van der Waals surface area contributed by atoms with Crippen LogP contribution in [0.4, 0.5) is 5.69 Å². The van der Waals surface area contributed by atoms with E-state index in [1.165, 1.54) is 26.8 Å². The predicted octanol–water partition coefficient (Wildman–Crippen LogP) is 2.98. The second-order valence-electron chi connectivity index (χ2n) is 9.54. The van der Waals surface area contributed by atoms with Crippen LogP contribution < -0.4 is 10.1 Å². The number of carbonyl (C=O) groups is 3. The lowest BCUT2D eigenvalue weighted by Gasteiger charge is -2.29. The van der Waals surface area contributed by atoms with E-state index in [0.29, 0.717) is 30.1 Å². The van der Waals surface area contributed by atoms with Crippen LogP contribution in [0.15, 0.2) is 47.4 Å². The zero-order valence-corrected chi connectivity index (χ0v) is 21.2. The summed E-state index contributed by atoms with van der Waals surface area (Å²) < 4.78 is 5.79. The Hall–Kier alpha value is -4.80. The number of ether oxygens (including phenoxy) is 1. The van der Waals surface area contributed by atoms with Crippen LogP contribution in [0.5, 0.6) is 17.2 Å². The molecule has 1 aliphatic carbocycles. The third kappa shape index (κ3) is 3.74. The minimum absolute atomic E-state index is 0.00666. The molecule has 11 heteroatoms. The molecular weight excluding hydrogens is 490 g/mol. The summed E-state index contributed by atoms with van der Waals surface area (Å²) in [4.78, 5) is 39.3. The fraction of sp³-hybridized carbons (Fsp3) is 0.259. The summed E-state index contributed by atoms with van der Waals surface area (Å²) in [5, 5.41) is 38.4. The lowest BCUT2D eigenvalue weighted by molar-refractivity contribution is -0.123. The van der Waals surface area contributed by atoms with Crippen LogP contribution in [0.25, 0.3) is 0 Å². The largest absolute Gasteiger partial charge is 0.507 e. The number of allylic oxidation sites excluding steroid dienone is 4. The molecule has 11 nitrogen and oxygen atoms in total. The first kappa shape index (κ1) is 24.9. The molecular formula is C27H25N5O6. The van der Waals surface area contributed by atoms with E-state index in [9.17, 15) is 24.6 Å². The molecule has 3 aromatic rings. The van der Waals surface area contributed by atoms with Crippen molar-refractivity contribution < 1.29 is 29.3 Å². The second-order valence-corrected chi connectivity index (χ2v) is 9.54. The molecule has 0 amide bonds. The number of fused-ring (bicyclic) bond motifs is 3. The molecule has 1 aliphatic heterocycles. The Morgan fingerprint density at radius 2 is 1.82 bits per heavy atom. The Morgan fingerprint density at radius 1 is 1.11 bits per heavy atom. The summed E-state index contributed by atoms with van der Waals surface area (Å²) in [6, 6.07) is 7.51. The zero-order valence-electron chi connectivity index (χ0n) is 21.2. The predicted molar refractivity (Wildman–Crippen MR) is 135 cm³/mol. The number of aryl methyl sites for hydroxylation is 2. The number of aromatic amines is 1. The number of nitrogens with zero attached hydrogens (tertiary/aromatic N) is 3. The molecule has 1 atom stereocenters. The number of hydrogen-bond donors (Lipinski definition) is 4. The minimum Gasteiger partial charge on any atom is -0.507 e. The average Bonchev–Trinajstić information content (AvgIpc) is 3.49. The number of aromatic nitrogens is 4. The molecule has 0 radical (unpaired) electrons. The van der Waals surface area contributed by atoms with E-state index in [4.69, 9.17) is 4.74 Å². The summed E-state index contributed by atoms with van der Waals surface area (Å²) >= 11 is 0. The number of rotatable bonds is 6. The second kappa shape index (κ2) is 8.94. The van der Waals surface area contributed by atoms with E-state index >= 15 is 0 Å². The number of phenolic OH excluding ortho intramolecular Hbond substituents is 2. The van der Waals surface area contributed by atoms with Gasteiger partial charge in [-0.1, -0.05) is 17.3 Å². The number of hydrogen-bond acceptors (Lipinski definition) is 10. The van der Waals surface area contributed by atoms with Gasteiger partial charge in [-0.3, -0.25) is 14.4 Å². The van der Waals surface area contributed by atoms with Gasteiger partial charge in [0, 0.05) is 29.4 Å². The zero-order chi connectivity index (χ0) is 27.4. The Balaban J connectivity index is 1.48. The van der Waals surface area contributed by atoms with Crippen LogP contribution in [-0.2, 0) is 27.8 Å². The highest BCUT2D eigenvalue weighted by Crippen LogP contribution is 2.57. The van der Waals surface area contributed by atoms with Gasteiger partial charge >= 0.3 is 0 Å². The van der Waals surface area contributed by atoms with Crippen LogP contribution in [0, 0.1) is 6.92 Å². The van der Waals surface area contributed by atoms with Gasteiger partial charge in [0.15, 0.2) is 23.2 Å². The molecule has 0 saturated carbocycles. The number of aromatic hydroxyl groups is 2. The highest BCUT2D eigenvalue weighted by atomic mass is 16.5. The SMILES string of the molecule is CC(=O)c1c(O)c(C)c(O)c2c1OC1=CC(=O)/C(=C(/C)Nc3ccc(CCc4nn[nH]n4)cc3)C(=O)[C@@]12C. The third-order valence-electron chi connectivity index (χ3n) is 7.07. The van der Waals surface area contributed by atoms with Gasteiger partial charge in [0.2, 0.25) is 0 Å². The third-order valence-corrected chi connectivity index (χ3v) is 7.07. The lowest BCUT2D eigenvalue weighted by Crippen LogP contribution is -2.40. The maximum Gasteiger partial charge on any atom is 0.194 e. The molecule has 2 heterocycles. The maximum absolute atomic E-state index is 13.9. The fourth-order valence-electron chi connectivity index (χ4n) is 4.94. The first-order valence-corrected chi connectivity index (χ1v) is 11.9. The van der Waals surface area contributed by atoms with Crippen LogP contribution in [-0.4, -0.2) is 48.2 Å². The molecule has 2 aromatic carbocycles. The number of phenols is 2. The molecule has 0 fully saturated rings. The lowest BCUT2D eigenvalue weighted by atomic mass is 9.70. The quantitative estimate of drug-likeness (QED) is 0.218. The molecule has 4 N–H and O–H groups in total. The highest BCUT2D eigenvalue weighted by Gasteiger charge is 2.56. The number of H-pyrrole nitrogens is 1. The number of tetrazole rings is 1. The van der Waals surface area contributed by atoms with Crippen molar-refractivity contribution >= 4 is 23.0 Å². The van der Waals surface area contributed by atoms with Gasteiger partial charge in [-0.15, -0.1) is 10.2 Å². The molecule has 1 aromatic heterocycles. The average molecular weight is 516 g/mol. The normalized spacial score (nSPS) is 19.4. The van der Waals surface area contributed by atoms with Crippen molar-refractivity contribution in [1.29, 1.82) is 0 Å². The molecule has 0 spiro atoms. The summed E-state index contributed by atoms with van der Waals surface area (Å²) in [7, 11) is 0. The first-order valence-electron chi connectivity index (χ1n) is 11.9. The molecule has 5 rings (SSSR count). The van der Waals surface area contributed by atoms with Crippen molar-refractivity contribution in [2.75, 3.05) is 5.32 Å². The Kier molecular flexibility index (Phi) is 5.85. The number of anilines is 1. The van der Waals surface area contributed by atoms with Crippen molar-refractivity contribution in [3.63, 3.8) is 0 Å². The van der Waals surface area contributed by atoms with Gasteiger partial charge < -0.3 is 20.3 Å². The Bertz CT molecular complexity index is 1570. The van der Waals surface area contributed by atoms with E-state index in [-0.39, 0.29) is 39.5 Å². The van der Waals surface area contributed by atoms with Gasteiger partial charge in [-0.25, -0.2) is 0 Å². The van der Waals surface area contributed by atoms with E-state index < -0.39 is 28.5 Å². The highest BCUT2D eigenvalue weighted by molar-refractivity contribution is 6.31. The van der Waals surface area contributed by atoms with Gasteiger partial charge in [0.1, 0.15) is 34.0 Å². The molecule has 0 bridgehead atoms. The summed E-state index contributed by atoms with van der Waals surface area (Å²) in [6.07, 6.45) is 2.53. The van der Waals surface area contributed by atoms with Crippen LogP contribution in [0.1, 0.15) is 53.6 Å². The Labute approximate surface area is 217 Å². The molecule has 0 unspecified atom stereocenters. The first-order chi connectivity index (χ1) is 18.0. The molecule has 194 valence electrons. The van der Waals surface area contributed by atoms with Gasteiger partial charge in [-0.2, -0.15) is 5.21 Å². The number of benzene rings is 2. The van der Waals surface area contributed by atoms with Crippen molar-refractivity contribution in [2.24, 2.45) is 0 Å². The molecule has 38 heavy (non-hydrogen) atoms. The van der Waals surface area contributed by atoms with Crippen molar-refractivity contribution in [1.82, 2.24) is 20.6 Å². The maximum atomic E-state index is 13.9. The van der Waals surface area contributed by atoms with Crippen LogP contribution >= 0.6 is 0 Å². The van der Waals surface area contributed by atoms with E-state index in [0.717, 1.165) is 5.56 Å². The number of nitrogens with one attached hydrogen (secondary N) is 2. The van der Waals surface area contributed by atoms with E-state index in [1.807, 2.05) is 24.3 Å². The summed E-state index contributed by atoms with van der Waals surface area (Å²) in [5.74, 6) is -1.95. The van der Waals surface area contributed by atoms with Gasteiger partial charge in [-0.05, 0) is 51.8 Å². The summed E-state index contributed by atoms with van der Waals surface area (Å²) in [6.45, 7) is 5.84. The topological polar surface area (TPSA) is 167 Å². The molecule has 0 saturated heterocycles. The summed E-state index contributed by atoms with van der Waals surface area (Å²) in [5.41, 5.74) is 0.340. The Morgan fingerprint density at radius 3 is 2.45 bits per heavy atom. The smallest absolute Gasteiger partial charge is 0.194 e. The monoisotopic (exact) mass is 515 g/mol. The minimum atomic E-state index is -1.56. The van der Waals surface area contributed by atoms with Gasteiger partial charge in [0.25, 0.3) is 0 Å². The van der Waals surface area contributed by atoms with E-state index in [2.05, 4.69) is 25.9 Å². The standard InChI is InChI=1S/C27H25N5O6/c1-12-23(35)21(14(3)33)25-22(24(12)36)27(4)18(38-25)11-17(34)20(26(27)37)13(2)28-16-8-5-15(6-9-16)7-10-19-29-31-32-30-19/h5-6,8-9,11,28,35-36H,7,10H2,1-4H3,(H,29,30,31,32)/b20-13+/t27-/m0/s1. The van der Waals surface area contributed by atoms with Crippen LogP contribution in [0.2, 0.25) is 0 Å². The number of ketones is 3.